The van der Waals surface area contributed by atoms with E-state index >= 15 is 0 Å². The lowest BCUT2D eigenvalue weighted by molar-refractivity contribution is -0.121. The van der Waals surface area contributed by atoms with E-state index in [4.69, 9.17) is 21.3 Å². The maximum Gasteiger partial charge on any atom is 0.220 e. The monoisotopic (exact) mass is 399 g/mol. The van der Waals surface area contributed by atoms with Gasteiger partial charge in [-0.2, -0.15) is 0 Å². The standard InChI is InChI=1S/C22H26ClN3O2/c1-3-7-21(27)24-16(2)22-25-19-8-4-5-9-20(19)26(22)14-6-15-28-18-12-10-17(23)11-13-18/h4-5,8-13,16H,3,6-7,14-15H2,1-2H3,(H,24,27). The lowest BCUT2D eigenvalue weighted by Gasteiger charge is -2.16. The molecule has 0 fully saturated rings. The number of para-hydroxylation sites is 2. The Bertz CT molecular complexity index is 921. The molecule has 3 aromatic rings. The first-order chi connectivity index (χ1) is 13.6. The summed E-state index contributed by atoms with van der Waals surface area (Å²) in [5, 5.41) is 3.75. The molecule has 0 aliphatic rings. The normalized spacial score (nSPS) is 12.1. The van der Waals surface area contributed by atoms with Gasteiger partial charge in [0.1, 0.15) is 11.6 Å². The Hall–Kier alpha value is -2.53. The number of carbonyl (C=O) groups excluding carboxylic acids is 1. The quantitative estimate of drug-likeness (QED) is 0.507. The molecule has 0 aliphatic carbocycles. The SMILES string of the molecule is CCCC(=O)NC(C)c1nc2ccccc2n1CCCOc1ccc(Cl)cc1. The number of imidazole rings is 1. The van der Waals surface area contributed by atoms with Crippen molar-refractivity contribution in [1.29, 1.82) is 0 Å². The fourth-order valence-electron chi connectivity index (χ4n) is 3.21. The van der Waals surface area contributed by atoms with Crippen LogP contribution in [0.5, 0.6) is 5.75 Å². The molecular formula is C22H26ClN3O2. The van der Waals surface area contributed by atoms with Crippen LogP contribution in [0.25, 0.3) is 11.0 Å². The molecule has 3 rings (SSSR count). The highest BCUT2D eigenvalue weighted by Crippen LogP contribution is 2.22. The van der Waals surface area contributed by atoms with Crippen molar-refractivity contribution in [3.8, 4) is 5.75 Å². The summed E-state index contributed by atoms with van der Waals surface area (Å²) in [4.78, 5) is 16.8. The number of rotatable bonds is 9. The number of hydrogen-bond donors (Lipinski definition) is 1. The minimum absolute atomic E-state index is 0.0553. The van der Waals surface area contributed by atoms with Crippen molar-refractivity contribution in [1.82, 2.24) is 14.9 Å². The number of ether oxygens (including phenoxy) is 1. The molecule has 5 nitrogen and oxygen atoms in total. The van der Waals surface area contributed by atoms with E-state index in [-0.39, 0.29) is 11.9 Å². The van der Waals surface area contributed by atoms with Gasteiger partial charge in [0.25, 0.3) is 0 Å². The van der Waals surface area contributed by atoms with Crippen molar-refractivity contribution in [2.75, 3.05) is 6.61 Å². The molecule has 0 spiro atoms. The van der Waals surface area contributed by atoms with E-state index in [0.29, 0.717) is 18.1 Å². The zero-order chi connectivity index (χ0) is 19.9. The summed E-state index contributed by atoms with van der Waals surface area (Å²) in [6.45, 7) is 5.33. The molecule has 6 heteroatoms. The molecule has 28 heavy (non-hydrogen) atoms. The summed E-state index contributed by atoms with van der Waals surface area (Å²) >= 11 is 5.90. The Morgan fingerprint density at radius 3 is 2.71 bits per heavy atom. The van der Waals surface area contributed by atoms with Crippen LogP contribution >= 0.6 is 11.6 Å². The number of fused-ring (bicyclic) bond motifs is 1. The summed E-state index contributed by atoms with van der Waals surface area (Å²) in [5.41, 5.74) is 2.01. The first-order valence-corrected chi connectivity index (χ1v) is 10.1. The summed E-state index contributed by atoms with van der Waals surface area (Å²) in [7, 11) is 0. The zero-order valence-electron chi connectivity index (χ0n) is 16.3. The first kappa shape index (κ1) is 20.2. The average molecular weight is 400 g/mol. The molecule has 1 amide bonds. The van der Waals surface area contributed by atoms with Crippen molar-refractivity contribution >= 4 is 28.5 Å². The van der Waals surface area contributed by atoms with Crippen LogP contribution in [0.15, 0.2) is 48.5 Å². The van der Waals surface area contributed by atoms with Gasteiger partial charge in [0.05, 0.1) is 23.7 Å². The van der Waals surface area contributed by atoms with Crippen LogP contribution in [-0.4, -0.2) is 22.1 Å². The van der Waals surface area contributed by atoms with Crippen LogP contribution in [0.1, 0.15) is 45.0 Å². The van der Waals surface area contributed by atoms with E-state index in [1.807, 2.05) is 56.3 Å². The second-order valence-corrected chi connectivity index (χ2v) is 7.24. The summed E-state index contributed by atoms with van der Waals surface area (Å²) in [5.74, 6) is 1.73. The Labute approximate surface area is 170 Å². The topological polar surface area (TPSA) is 56.2 Å². The molecule has 1 aromatic heterocycles. The van der Waals surface area contributed by atoms with Crippen molar-refractivity contribution in [2.45, 2.75) is 45.7 Å². The molecule has 1 unspecified atom stereocenters. The molecule has 1 N–H and O–H groups in total. The predicted molar refractivity (Wildman–Crippen MR) is 113 cm³/mol. The van der Waals surface area contributed by atoms with Crippen molar-refractivity contribution < 1.29 is 9.53 Å². The zero-order valence-corrected chi connectivity index (χ0v) is 17.1. The maximum atomic E-state index is 12.0. The number of hydrogen-bond acceptors (Lipinski definition) is 3. The Morgan fingerprint density at radius 1 is 1.21 bits per heavy atom. The van der Waals surface area contributed by atoms with Gasteiger partial charge in [-0.1, -0.05) is 30.7 Å². The molecule has 0 saturated carbocycles. The van der Waals surface area contributed by atoms with Gasteiger partial charge in [-0.3, -0.25) is 4.79 Å². The van der Waals surface area contributed by atoms with Gasteiger partial charge in [0, 0.05) is 18.0 Å². The number of nitrogens with one attached hydrogen (secondary N) is 1. The third-order valence-electron chi connectivity index (χ3n) is 4.53. The van der Waals surface area contributed by atoms with E-state index in [9.17, 15) is 4.79 Å². The third kappa shape index (κ3) is 5.04. The van der Waals surface area contributed by atoms with E-state index in [1.54, 1.807) is 0 Å². The van der Waals surface area contributed by atoms with Gasteiger partial charge in [-0.15, -0.1) is 0 Å². The molecule has 0 aliphatic heterocycles. The van der Waals surface area contributed by atoms with Crippen LogP contribution in [0.3, 0.4) is 0 Å². The van der Waals surface area contributed by atoms with Gasteiger partial charge < -0.3 is 14.6 Å². The molecule has 1 atom stereocenters. The molecular weight excluding hydrogens is 374 g/mol. The number of aromatic nitrogens is 2. The highest BCUT2D eigenvalue weighted by molar-refractivity contribution is 6.30. The van der Waals surface area contributed by atoms with Crippen molar-refractivity contribution in [3.05, 3.63) is 59.4 Å². The number of nitrogens with zero attached hydrogens (tertiary/aromatic N) is 2. The molecule has 0 radical (unpaired) electrons. The number of halogens is 1. The third-order valence-corrected chi connectivity index (χ3v) is 4.79. The van der Waals surface area contributed by atoms with Crippen LogP contribution in [0.2, 0.25) is 5.02 Å². The lowest BCUT2D eigenvalue weighted by atomic mass is 10.2. The average Bonchev–Trinajstić information content (AvgIpc) is 3.05. The van der Waals surface area contributed by atoms with Crippen LogP contribution < -0.4 is 10.1 Å². The van der Waals surface area contributed by atoms with Crippen molar-refractivity contribution in [3.63, 3.8) is 0 Å². The summed E-state index contributed by atoms with van der Waals surface area (Å²) in [6, 6.07) is 15.3. The molecule has 148 valence electrons. The van der Waals surface area contributed by atoms with Crippen LogP contribution in [-0.2, 0) is 11.3 Å². The number of aryl methyl sites for hydroxylation is 1. The molecule has 2 aromatic carbocycles. The second kappa shape index (κ2) is 9.60. The fraction of sp³-hybridized carbons (Fsp3) is 0.364. The van der Waals surface area contributed by atoms with Crippen LogP contribution in [0.4, 0.5) is 0 Å². The van der Waals surface area contributed by atoms with Gasteiger partial charge in [0.2, 0.25) is 5.91 Å². The van der Waals surface area contributed by atoms with Crippen LogP contribution in [0, 0.1) is 0 Å². The summed E-state index contributed by atoms with van der Waals surface area (Å²) < 4.78 is 7.98. The minimum atomic E-state index is -0.149. The largest absolute Gasteiger partial charge is 0.494 e. The van der Waals surface area contributed by atoms with Gasteiger partial charge >= 0.3 is 0 Å². The van der Waals surface area contributed by atoms with E-state index < -0.39 is 0 Å². The number of benzene rings is 2. The second-order valence-electron chi connectivity index (χ2n) is 6.81. The van der Waals surface area contributed by atoms with Crippen molar-refractivity contribution in [2.24, 2.45) is 0 Å². The molecule has 0 bridgehead atoms. The van der Waals surface area contributed by atoms with E-state index in [0.717, 1.165) is 42.0 Å². The summed E-state index contributed by atoms with van der Waals surface area (Å²) in [6.07, 6.45) is 2.18. The first-order valence-electron chi connectivity index (χ1n) is 9.71. The molecule has 0 saturated heterocycles. The Morgan fingerprint density at radius 2 is 1.96 bits per heavy atom. The van der Waals surface area contributed by atoms with Gasteiger partial charge in [-0.05, 0) is 56.2 Å². The van der Waals surface area contributed by atoms with Gasteiger partial charge in [-0.25, -0.2) is 4.98 Å². The number of carbonyl (C=O) groups is 1. The highest BCUT2D eigenvalue weighted by atomic mass is 35.5. The molecule has 1 heterocycles. The predicted octanol–water partition coefficient (Wildman–Crippen LogP) is 5.14. The number of amides is 1. The maximum absolute atomic E-state index is 12.0. The minimum Gasteiger partial charge on any atom is -0.494 e. The Kier molecular flexibility index (Phi) is 6.93. The van der Waals surface area contributed by atoms with E-state index in [2.05, 4.69) is 16.0 Å². The Balaban J connectivity index is 1.69. The van der Waals surface area contributed by atoms with E-state index in [1.165, 1.54) is 0 Å². The van der Waals surface area contributed by atoms with Gasteiger partial charge in [0.15, 0.2) is 0 Å². The smallest absolute Gasteiger partial charge is 0.220 e. The highest BCUT2D eigenvalue weighted by Gasteiger charge is 2.18. The lowest BCUT2D eigenvalue weighted by Crippen LogP contribution is -2.28. The fourth-order valence-corrected chi connectivity index (χ4v) is 3.33.